The van der Waals surface area contributed by atoms with Gasteiger partial charge in [-0.2, -0.15) is 5.10 Å². The fourth-order valence-electron chi connectivity index (χ4n) is 2.93. The van der Waals surface area contributed by atoms with Crippen LogP contribution in [0.25, 0.3) is 5.69 Å². The zero-order valence-corrected chi connectivity index (χ0v) is 14.3. The molecule has 0 unspecified atom stereocenters. The van der Waals surface area contributed by atoms with E-state index in [0.29, 0.717) is 12.3 Å². The molecule has 132 valence electrons. The first-order valence-corrected chi connectivity index (χ1v) is 8.64. The number of rotatable bonds is 4. The molecule has 0 spiro atoms. The molecule has 2 N–H and O–H groups in total. The van der Waals surface area contributed by atoms with Gasteiger partial charge in [0.05, 0.1) is 18.4 Å². The minimum Gasteiger partial charge on any atom is -0.371 e. The van der Waals surface area contributed by atoms with Gasteiger partial charge in [0.15, 0.2) is 5.69 Å². The number of nitrogens with one attached hydrogen (secondary N) is 2. The second-order valence-electron chi connectivity index (χ2n) is 6.12. The summed E-state index contributed by atoms with van der Waals surface area (Å²) in [6, 6.07) is 19.1. The first-order valence-electron chi connectivity index (χ1n) is 8.64. The van der Waals surface area contributed by atoms with Crippen LogP contribution in [0.2, 0.25) is 0 Å². The average molecular weight is 348 g/mol. The van der Waals surface area contributed by atoms with Crippen molar-refractivity contribution in [2.24, 2.45) is 0 Å². The summed E-state index contributed by atoms with van der Waals surface area (Å²) in [5, 5.41) is 10.5. The van der Waals surface area contributed by atoms with Crippen LogP contribution in [0, 0.1) is 0 Å². The van der Waals surface area contributed by atoms with Crippen molar-refractivity contribution in [3.05, 3.63) is 78.1 Å². The first-order chi connectivity index (χ1) is 12.8. The topological polar surface area (TPSA) is 68.2 Å². The summed E-state index contributed by atoms with van der Waals surface area (Å²) in [6.07, 6.45) is 1.84. The molecule has 4 rings (SSSR count). The summed E-state index contributed by atoms with van der Waals surface area (Å²) in [4.78, 5) is 12.4. The summed E-state index contributed by atoms with van der Waals surface area (Å²) >= 11 is 0. The van der Waals surface area contributed by atoms with E-state index in [0.717, 1.165) is 30.0 Å². The van der Waals surface area contributed by atoms with E-state index in [9.17, 15) is 4.79 Å². The Kier molecular flexibility index (Phi) is 4.77. The predicted octanol–water partition coefficient (Wildman–Crippen LogP) is 2.79. The molecule has 2 heterocycles. The zero-order chi connectivity index (χ0) is 17.8. The molecule has 0 radical (unpaired) electrons. The number of carbonyl (C=O) groups is 1. The van der Waals surface area contributed by atoms with E-state index in [1.807, 2.05) is 54.6 Å². The maximum Gasteiger partial charge on any atom is 0.276 e. The number of amides is 1. The van der Waals surface area contributed by atoms with Crippen LogP contribution >= 0.6 is 0 Å². The van der Waals surface area contributed by atoms with Gasteiger partial charge in [0.25, 0.3) is 5.91 Å². The molecule has 26 heavy (non-hydrogen) atoms. The van der Waals surface area contributed by atoms with Crippen molar-refractivity contribution in [3.8, 4) is 5.69 Å². The Morgan fingerprint density at radius 2 is 1.92 bits per heavy atom. The summed E-state index contributed by atoms with van der Waals surface area (Å²) in [6.45, 7) is 2.41. The van der Waals surface area contributed by atoms with E-state index in [-0.39, 0.29) is 12.0 Å². The van der Waals surface area contributed by atoms with Crippen molar-refractivity contribution in [2.45, 2.75) is 6.10 Å². The van der Waals surface area contributed by atoms with Crippen LogP contribution in [0.3, 0.4) is 0 Å². The molecule has 0 saturated carbocycles. The predicted molar refractivity (Wildman–Crippen MR) is 99.5 cm³/mol. The molecule has 3 aromatic rings. The molecule has 1 aliphatic heterocycles. The van der Waals surface area contributed by atoms with Gasteiger partial charge in [-0.1, -0.05) is 30.3 Å². The van der Waals surface area contributed by atoms with E-state index in [1.54, 1.807) is 16.9 Å². The first kappa shape index (κ1) is 16.5. The molecule has 1 amide bonds. The fourth-order valence-corrected chi connectivity index (χ4v) is 2.93. The van der Waals surface area contributed by atoms with Crippen LogP contribution in [0.5, 0.6) is 0 Å². The highest BCUT2D eigenvalue weighted by atomic mass is 16.5. The highest BCUT2D eigenvalue weighted by Crippen LogP contribution is 2.21. The molecule has 6 heteroatoms. The number of nitrogens with zero attached hydrogens (tertiary/aromatic N) is 2. The van der Waals surface area contributed by atoms with Crippen LogP contribution in [0.1, 0.15) is 22.2 Å². The Bertz CT molecular complexity index is 868. The maximum atomic E-state index is 12.4. The van der Waals surface area contributed by atoms with Crippen molar-refractivity contribution < 1.29 is 9.53 Å². The fraction of sp³-hybridized carbons (Fsp3) is 0.200. The van der Waals surface area contributed by atoms with Gasteiger partial charge >= 0.3 is 0 Å². The number of morpholine rings is 1. The lowest BCUT2D eigenvalue weighted by Crippen LogP contribution is -2.33. The standard InChI is InChI=1S/C20H20N4O2/c25-20(18-10-12-24(23-18)17-4-2-1-3-5-17)22-16-8-6-15(7-9-16)19-14-21-11-13-26-19/h1-10,12,19,21H,11,13-14H2,(H,22,25)/t19-/m0/s1. The van der Waals surface area contributed by atoms with Crippen molar-refractivity contribution in [1.82, 2.24) is 15.1 Å². The van der Waals surface area contributed by atoms with Crippen molar-refractivity contribution in [2.75, 3.05) is 25.0 Å². The number of anilines is 1. The van der Waals surface area contributed by atoms with Gasteiger partial charge in [0, 0.05) is 25.0 Å². The average Bonchev–Trinajstić information content (AvgIpc) is 3.20. The number of carbonyl (C=O) groups excluding carboxylic acids is 1. The van der Waals surface area contributed by atoms with Gasteiger partial charge in [-0.3, -0.25) is 4.79 Å². The lowest BCUT2D eigenvalue weighted by atomic mass is 10.1. The monoisotopic (exact) mass is 348 g/mol. The van der Waals surface area contributed by atoms with Gasteiger partial charge in [0.2, 0.25) is 0 Å². The van der Waals surface area contributed by atoms with Crippen LogP contribution in [0.4, 0.5) is 5.69 Å². The SMILES string of the molecule is O=C(Nc1ccc([C@@H]2CNCCO2)cc1)c1ccn(-c2ccccc2)n1. The molecule has 2 aromatic carbocycles. The number of benzene rings is 2. The van der Waals surface area contributed by atoms with Gasteiger partial charge in [-0.15, -0.1) is 0 Å². The van der Waals surface area contributed by atoms with Crippen LogP contribution < -0.4 is 10.6 Å². The van der Waals surface area contributed by atoms with Gasteiger partial charge in [-0.25, -0.2) is 4.68 Å². The molecular weight excluding hydrogens is 328 g/mol. The Morgan fingerprint density at radius 1 is 1.12 bits per heavy atom. The van der Waals surface area contributed by atoms with Gasteiger partial charge in [-0.05, 0) is 35.9 Å². The van der Waals surface area contributed by atoms with Crippen LogP contribution in [-0.2, 0) is 4.74 Å². The lowest BCUT2D eigenvalue weighted by Gasteiger charge is -2.24. The summed E-state index contributed by atoms with van der Waals surface area (Å²) in [7, 11) is 0. The minimum atomic E-state index is -0.233. The normalized spacial score (nSPS) is 17.0. The number of hydrogen-bond donors (Lipinski definition) is 2. The third kappa shape index (κ3) is 3.66. The van der Waals surface area contributed by atoms with E-state index in [2.05, 4.69) is 15.7 Å². The van der Waals surface area contributed by atoms with E-state index in [4.69, 9.17) is 4.74 Å². The molecule has 1 aliphatic rings. The van der Waals surface area contributed by atoms with Crippen molar-refractivity contribution in [1.29, 1.82) is 0 Å². The molecule has 0 bridgehead atoms. The van der Waals surface area contributed by atoms with E-state index >= 15 is 0 Å². The Morgan fingerprint density at radius 3 is 2.65 bits per heavy atom. The molecule has 6 nitrogen and oxygen atoms in total. The van der Waals surface area contributed by atoms with E-state index in [1.165, 1.54) is 0 Å². The molecular formula is C20H20N4O2. The third-order valence-electron chi connectivity index (χ3n) is 4.31. The Balaban J connectivity index is 1.42. The Hall–Kier alpha value is -2.96. The summed E-state index contributed by atoms with van der Waals surface area (Å²) in [5.41, 5.74) is 3.12. The lowest BCUT2D eigenvalue weighted by molar-refractivity contribution is 0.0277. The molecule has 0 aliphatic carbocycles. The van der Waals surface area contributed by atoms with Gasteiger partial charge < -0.3 is 15.4 Å². The largest absolute Gasteiger partial charge is 0.371 e. The molecule has 1 fully saturated rings. The van der Waals surface area contributed by atoms with Gasteiger partial charge in [0.1, 0.15) is 0 Å². The summed E-state index contributed by atoms with van der Waals surface area (Å²) < 4.78 is 7.42. The zero-order valence-electron chi connectivity index (χ0n) is 14.3. The maximum absolute atomic E-state index is 12.4. The number of hydrogen-bond acceptors (Lipinski definition) is 4. The van der Waals surface area contributed by atoms with Crippen LogP contribution in [0.15, 0.2) is 66.9 Å². The van der Waals surface area contributed by atoms with Crippen molar-refractivity contribution >= 4 is 11.6 Å². The van der Waals surface area contributed by atoms with E-state index < -0.39 is 0 Å². The third-order valence-corrected chi connectivity index (χ3v) is 4.31. The smallest absolute Gasteiger partial charge is 0.276 e. The molecule has 1 atom stereocenters. The Labute approximate surface area is 151 Å². The number of aromatic nitrogens is 2. The number of para-hydroxylation sites is 1. The minimum absolute atomic E-state index is 0.0649. The second kappa shape index (κ2) is 7.51. The highest BCUT2D eigenvalue weighted by Gasteiger charge is 2.16. The van der Waals surface area contributed by atoms with Crippen molar-refractivity contribution in [3.63, 3.8) is 0 Å². The van der Waals surface area contributed by atoms with Crippen LogP contribution in [-0.4, -0.2) is 35.4 Å². The molecule has 1 aromatic heterocycles. The summed E-state index contributed by atoms with van der Waals surface area (Å²) in [5.74, 6) is -0.233. The highest BCUT2D eigenvalue weighted by molar-refractivity contribution is 6.02. The quantitative estimate of drug-likeness (QED) is 0.761. The molecule has 1 saturated heterocycles. The number of ether oxygens (including phenoxy) is 1. The second-order valence-corrected chi connectivity index (χ2v) is 6.12.